The Kier molecular flexibility index (Phi) is 11.9. The van der Waals surface area contributed by atoms with Crippen LogP contribution < -0.4 is 10.6 Å². The molecule has 2 aliphatic rings. The van der Waals surface area contributed by atoms with Crippen molar-refractivity contribution in [2.24, 2.45) is 5.92 Å². The van der Waals surface area contributed by atoms with Crippen LogP contribution in [0.1, 0.15) is 92.0 Å². The molecular weight excluding hydrogens is 546 g/mol. The minimum atomic E-state index is -0.654. The Bertz CT molecular complexity index is 1170. The molecule has 8 heteroatoms. The number of thioether (sulfide) groups is 1. The summed E-state index contributed by atoms with van der Waals surface area (Å²) in [4.78, 5) is 41.9. The van der Waals surface area contributed by atoms with Crippen LogP contribution in [-0.2, 0) is 16.1 Å². The van der Waals surface area contributed by atoms with Crippen molar-refractivity contribution in [1.82, 2.24) is 15.5 Å². The summed E-state index contributed by atoms with van der Waals surface area (Å²) in [6.45, 7) is 8.18. The van der Waals surface area contributed by atoms with Crippen LogP contribution in [0.5, 0.6) is 0 Å². The van der Waals surface area contributed by atoms with Crippen molar-refractivity contribution in [2.45, 2.75) is 89.9 Å². The number of hydrogen-bond donors (Lipinski definition) is 2. The van der Waals surface area contributed by atoms with Gasteiger partial charge in [0.1, 0.15) is 11.6 Å². The van der Waals surface area contributed by atoms with Crippen LogP contribution >= 0.6 is 11.8 Å². The first-order chi connectivity index (χ1) is 20.2. The van der Waals surface area contributed by atoms with E-state index in [4.69, 9.17) is 4.74 Å². The molecule has 2 N–H and O–H groups in total. The van der Waals surface area contributed by atoms with Crippen LogP contribution in [0.15, 0.2) is 54.6 Å². The van der Waals surface area contributed by atoms with Gasteiger partial charge in [0, 0.05) is 37.0 Å². The van der Waals surface area contributed by atoms with Gasteiger partial charge in [-0.1, -0.05) is 55.7 Å². The van der Waals surface area contributed by atoms with Crippen molar-refractivity contribution in [3.05, 3.63) is 71.3 Å². The number of likely N-dealkylation sites (tertiary alicyclic amines) is 1. The molecule has 1 saturated carbocycles. The summed E-state index contributed by atoms with van der Waals surface area (Å²) in [6.07, 6.45) is 8.13. The highest BCUT2D eigenvalue weighted by Crippen LogP contribution is 2.27. The Morgan fingerprint density at radius 2 is 1.62 bits per heavy atom. The molecule has 1 heterocycles. The Balaban J connectivity index is 1.35. The lowest BCUT2D eigenvalue weighted by atomic mass is 9.91. The summed E-state index contributed by atoms with van der Waals surface area (Å²) in [5, 5.41) is 6.22. The van der Waals surface area contributed by atoms with E-state index in [1.165, 1.54) is 43.7 Å². The summed E-state index contributed by atoms with van der Waals surface area (Å²) >= 11 is 1.75. The van der Waals surface area contributed by atoms with E-state index in [0.717, 1.165) is 38.2 Å². The molecule has 0 aromatic heterocycles. The highest BCUT2D eigenvalue weighted by molar-refractivity contribution is 7.99. The lowest BCUT2D eigenvalue weighted by Gasteiger charge is -2.33. The number of hydrogen-bond acceptors (Lipinski definition) is 6. The Morgan fingerprint density at radius 3 is 2.31 bits per heavy atom. The normalized spacial score (nSPS) is 17.8. The van der Waals surface area contributed by atoms with Gasteiger partial charge in [-0.25, -0.2) is 4.79 Å². The summed E-state index contributed by atoms with van der Waals surface area (Å²) in [7, 11) is 0. The molecule has 1 saturated heterocycles. The third-order valence-electron chi connectivity index (χ3n) is 7.93. The number of ether oxygens (including phenoxy) is 1. The summed E-state index contributed by atoms with van der Waals surface area (Å²) < 4.78 is 5.47. The van der Waals surface area contributed by atoms with Crippen LogP contribution in [0.2, 0.25) is 0 Å². The molecule has 0 bridgehead atoms. The second kappa shape index (κ2) is 15.6. The maximum Gasteiger partial charge on any atom is 0.338 e. The predicted octanol–water partition coefficient (Wildman–Crippen LogP) is 5.83. The van der Waals surface area contributed by atoms with Gasteiger partial charge in [-0.15, -0.1) is 0 Å². The van der Waals surface area contributed by atoms with Crippen LogP contribution in [0.3, 0.4) is 0 Å². The standard InChI is InChI=1S/C34H47N3O4S/c1-34(2,3)41-33(40)28-16-10-15-27(21-28)31(38)36-30(24-42-23-26-13-8-5-9-14-26)32(39)35-29-17-19-37(20-18-29)22-25-11-6-4-7-12-25/h4,6-7,10-12,15-16,21,26,29-30H,5,8-9,13-14,17-20,22-24H2,1-3H3,(H,35,39)(H,36,38)/t30-/m0/s1. The van der Waals surface area contributed by atoms with Gasteiger partial charge in [0.25, 0.3) is 5.91 Å². The van der Waals surface area contributed by atoms with Crippen molar-refractivity contribution in [3.8, 4) is 0 Å². The van der Waals surface area contributed by atoms with Crippen LogP contribution in [0.25, 0.3) is 0 Å². The van der Waals surface area contributed by atoms with Gasteiger partial charge in [-0.3, -0.25) is 14.5 Å². The number of nitrogens with one attached hydrogen (secondary N) is 2. The zero-order chi connectivity index (χ0) is 30.0. The largest absolute Gasteiger partial charge is 0.456 e. The van der Waals surface area contributed by atoms with Gasteiger partial charge in [-0.05, 0) is 81.9 Å². The van der Waals surface area contributed by atoms with Crippen molar-refractivity contribution < 1.29 is 19.1 Å². The predicted molar refractivity (Wildman–Crippen MR) is 170 cm³/mol. The molecule has 0 spiro atoms. The Morgan fingerprint density at radius 1 is 0.929 bits per heavy atom. The Labute approximate surface area is 255 Å². The minimum Gasteiger partial charge on any atom is -0.456 e. The first kappa shape index (κ1) is 32.1. The van der Waals surface area contributed by atoms with Gasteiger partial charge in [-0.2, -0.15) is 11.8 Å². The molecule has 1 aliphatic heterocycles. The molecule has 2 amide bonds. The topological polar surface area (TPSA) is 87.7 Å². The summed E-state index contributed by atoms with van der Waals surface area (Å²) in [5.41, 5.74) is 1.31. The molecular formula is C34H47N3O4S. The average molecular weight is 594 g/mol. The SMILES string of the molecule is CC(C)(C)OC(=O)c1cccc(C(=O)N[C@@H](CSCC2CCCCC2)C(=O)NC2CCN(Cc3ccccc3)CC2)c1. The number of esters is 1. The fraction of sp³-hybridized carbons (Fsp3) is 0.559. The number of carbonyl (C=O) groups excluding carboxylic acids is 3. The maximum atomic E-state index is 13.5. The highest BCUT2D eigenvalue weighted by Gasteiger charge is 2.27. The van der Waals surface area contributed by atoms with Crippen molar-refractivity contribution in [2.75, 3.05) is 24.6 Å². The van der Waals surface area contributed by atoms with Crippen LogP contribution in [0.4, 0.5) is 0 Å². The number of piperidine rings is 1. The molecule has 1 atom stereocenters. The molecule has 228 valence electrons. The highest BCUT2D eigenvalue weighted by atomic mass is 32.2. The zero-order valence-corrected chi connectivity index (χ0v) is 26.2. The second-order valence-electron chi connectivity index (χ2n) is 12.7. The van der Waals surface area contributed by atoms with Crippen molar-refractivity contribution in [1.29, 1.82) is 0 Å². The van der Waals surface area contributed by atoms with E-state index in [1.807, 2.05) is 26.8 Å². The van der Waals surface area contributed by atoms with Gasteiger partial charge in [0.2, 0.25) is 5.91 Å². The fourth-order valence-corrected chi connectivity index (χ4v) is 6.91. The number of rotatable bonds is 11. The zero-order valence-electron chi connectivity index (χ0n) is 25.4. The lowest BCUT2D eigenvalue weighted by molar-refractivity contribution is -0.123. The molecule has 7 nitrogen and oxygen atoms in total. The number of nitrogens with zero attached hydrogens (tertiary/aromatic N) is 1. The molecule has 2 fully saturated rings. The average Bonchev–Trinajstić information content (AvgIpc) is 2.98. The number of amides is 2. The molecule has 2 aromatic carbocycles. The number of carbonyl (C=O) groups is 3. The van der Waals surface area contributed by atoms with Crippen molar-refractivity contribution in [3.63, 3.8) is 0 Å². The molecule has 4 rings (SSSR count). The van der Waals surface area contributed by atoms with E-state index in [2.05, 4.69) is 39.8 Å². The third kappa shape index (κ3) is 10.5. The van der Waals surface area contributed by atoms with E-state index in [0.29, 0.717) is 22.8 Å². The summed E-state index contributed by atoms with van der Waals surface area (Å²) in [6, 6.07) is 16.4. The lowest BCUT2D eigenvalue weighted by Crippen LogP contribution is -2.53. The molecule has 2 aromatic rings. The molecule has 0 radical (unpaired) electrons. The van der Waals surface area contributed by atoms with Crippen molar-refractivity contribution >= 4 is 29.5 Å². The van der Waals surface area contributed by atoms with Gasteiger partial charge in [0.05, 0.1) is 5.56 Å². The van der Waals surface area contributed by atoms with Crippen LogP contribution in [0, 0.1) is 5.92 Å². The summed E-state index contributed by atoms with van der Waals surface area (Å²) in [5.74, 6) is 1.23. The van der Waals surface area contributed by atoms with Gasteiger partial charge < -0.3 is 15.4 Å². The third-order valence-corrected chi connectivity index (χ3v) is 9.20. The molecule has 0 unspecified atom stereocenters. The van der Waals surface area contributed by atoms with E-state index in [1.54, 1.807) is 30.0 Å². The smallest absolute Gasteiger partial charge is 0.338 e. The first-order valence-corrected chi connectivity index (χ1v) is 16.6. The maximum absolute atomic E-state index is 13.5. The van der Waals surface area contributed by atoms with Gasteiger partial charge in [0.15, 0.2) is 0 Å². The van der Waals surface area contributed by atoms with Crippen LogP contribution in [-0.4, -0.2) is 65.0 Å². The van der Waals surface area contributed by atoms with E-state index >= 15 is 0 Å². The molecule has 1 aliphatic carbocycles. The fourth-order valence-electron chi connectivity index (χ4n) is 5.63. The second-order valence-corrected chi connectivity index (χ2v) is 13.8. The van der Waals surface area contributed by atoms with E-state index in [-0.39, 0.29) is 17.9 Å². The minimum absolute atomic E-state index is 0.0859. The first-order valence-electron chi connectivity index (χ1n) is 15.4. The quantitative estimate of drug-likeness (QED) is 0.319. The van der Waals surface area contributed by atoms with Gasteiger partial charge >= 0.3 is 5.97 Å². The monoisotopic (exact) mass is 593 g/mol. The van der Waals surface area contributed by atoms with E-state index < -0.39 is 17.6 Å². The Hall–Kier alpha value is -2.84. The molecule has 42 heavy (non-hydrogen) atoms. The number of benzene rings is 2. The van der Waals surface area contributed by atoms with E-state index in [9.17, 15) is 14.4 Å².